The molecule has 18 heavy (non-hydrogen) atoms. The number of carbonyl (C=O) groups is 1. The average Bonchev–Trinajstić information content (AvgIpc) is 2.28. The number of nitrogens with one attached hydrogen (secondary N) is 2. The molecule has 0 radical (unpaired) electrons. The molecule has 1 amide bonds. The van der Waals surface area contributed by atoms with Crippen LogP contribution in [0.15, 0.2) is 18.2 Å². The molecule has 2 N–H and O–H groups in total. The number of thiocarbonyl (C=S) groups is 1. The number of hydrogen-bond acceptors (Lipinski definition) is 3. The van der Waals surface area contributed by atoms with E-state index in [0.29, 0.717) is 28.8 Å². The first-order valence-corrected chi connectivity index (χ1v) is 6.23. The summed E-state index contributed by atoms with van der Waals surface area (Å²) in [5, 5.41) is 6.36. The molecule has 0 atom stereocenters. The van der Waals surface area contributed by atoms with Crippen molar-refractivity contribution in [3.63, 3.8) is 0 Å². The molecule has 0 fully saturated rings. The van der Waals surface area contributed by atoms with Crippen LogP contribution in [0.25, 0.3) is 0 Å². The van der Waals surface area contributed by atoms with Crippen LogP contribution in [0.1, 0.15) is 10.4 Å². The fourth-order valence-corrected chi connectivity index (χ4v) is 1.89. The Kier molecular flexibility index (Phi) is 6.35. The highest BCUT2D eigenvalue weighted by atomic mass is 35.5. The summed E-state index contributed by atoms with van der Waals surface area (Å²) in [6.07, 6.45) is 0. The SMILES string of the molecule is COCCNC(=S)NC(=O)c1cc(Cl)cc(Cl)c1. The standard InChI is InChI=1S/C11H12Cl2N2O2S/c1-17-3-2-14-11(18)15-10(16)7-4-8(12)6-9(13)5-7/h4-6H,2-3H2,1H3,(H2,14,15,16,18). The zero-order chi connectivity index (χ0) is 13.5. The van der Waals surface area contributed by atoms with Crippen LogP contribution >= 0.6 is 35.4 Å². The van der Waals surface area contributed by atoms with Crippen molar-refractivity contribution in [2.75, 3.05) is 20.3 Å². The maximum atomic E-state index is 11.8. The Labute approximate surface area is 121 Å². The summed E-state index contributed by atoms with van der Waals surface area (Å²) in [5.41, 5.74) is 0.350. The summed E-state index contributed by atoms with van der Waals surface area (Å²) < 4.78 is 4.84. The Bertz CT molecular complexity index is 434. The smallest absolute Gasteiger partial charge is 0.257 e. The first kappa shape index (κ1) is 15.2. The quantitative estimate of drug-likeness (QED) is 0.662. The highest BCUT2D eigenvalue weighted by Crippen LogP contribution is 2.18. The number of halogens is 2. The molecule has 1 aromatic carbocycles. The van der Waals surface area contributed by atoms with Crippen molar-refractivity contribution in [1.82, 2.24) is 10.6 Å². The van der Waals surface area contributed by atoms with Crippen LogP contribution in [0.3, 0.4) is 0 Å². The molecule has 98 valence electrons. The van der Waals surface area contributed by atoms with Crippen LogP contribution in [0, 0.1) is 0 Å². The Hall–Kier alpha value is -0.880. The summed E-state index contributed by atoms with van der Waals surface area (Å²) in [6.45, 7) is 1.02. The average molecular weight is 307 g/mol. The van der Waals surface area contributed by atoms with Gasteiger partial charge in [0.2, 0.25) is 0 Å². The van der Waals surface area contributed by atoms with Gasteiger partial charge in [0.15, 0.2) is 5.11 Å². The third kappa shape index (κ3) is 5.18. The first-order valence-electron chi connectivity index (χ1n) is 5.07. The van der Waals surface area contributed by atoms with E-state index in [9.17, 15) is 4.79 Å². The Morgan fingerprint density at radius 2 is 1.94 bits per heavy atom. The molecule has 1 rings (SSSR count). The topological polar surface area (TPSA) is 50.4 Å². The van der Waals surface area contributed by atoms with Crippen molar-refractivity contribution < 1.29 is 9.53 Å². The maximum Gasteiger partial charge on any atom is 0.257 e. The van der Waals surface area contributed by atoms with Gasteiger partial charge < -0.3 is 10.1 Å². The lowest BCUT2D eigenvalue weighted by atomic mass is 10.2. The predicted molar refractivity (Wildman–Crippen MR) is 76.4 cm³/mol. The molecule has 0 saturated carbocycles. The van der Waals surface area contributed by atoms with Crippen LogP contribution in [-0.2, 0) is 4.74 Å². The number of carbonyl (C=O) groups excluding carboxylic acids is 1. The molecule has 1 aromatic rings. The van der Waals surface area contributed by atoms with Gasteiger partial charge in [-0.15, -0.1) is 0 Å². The van der Waals surface area contributed by atoms with Gasteiger partial charge >= 0.3 is 0 Å². The van der Waals surface area contributed by atoms with E-state index in [4.69, 9.17) is 40.2 Å². The van der Waals surface area contributed by atoms with E-state index in [1.54, 1.807) is 13.2 Å². The second-order valence-electron chi connectivity index (χ2n) is 3.36. The fourth-order valence-electron chi connectivity index (χ4n) is 1.17. The van der Waals surface area contributed by atoms with Crippen LogP contribution in [0.4, 0.5) is 0 Å². The molecular weight excluding hydrogens is 295 g/mol. The van der Waals surface area contributed by atoms with Crippen molar-refractivity contribution in [2.24, 2.45) is 0 Å². The van der Waals surface area contributed by atoms with E-state index in [1.807, 2.05) is 0 Å². The van der Waals surface area contributed by atoms with E-state index in [0.717, 1.165) is 0 Å². The van der Waals surface area contributed by atoms with E-state index in [2.05, 4.69) is 10.6 Å². The van der Waals surface area contributed by atoms with Gasteiger partial charge in [-0.25, -0.2) is 0 Å². The molecule has 0 spiro atoms. The van der Waals surface area contributed by atoms with Crippen LogP contribution in [-0.4, -0.2) is 31.3 Å². The van der Waals surface area contributed by atoms with E-state index in [-0.39, 0.29) is 11.0 Å². The third-order valence-electron chi connectivity index (χ3n) is 1.94. The monoisotopic (exact) mass is 306 g/mol. The van der Waals surface area contributed by atoms with Crippen LogP contribution in [0.2, 0.25) is 10.0 Å². The van der Waals surface area contributed by atoms with Gasteiger partial charge in [-0.05, 0) is 30.4 Å². The van der Waals surface area contributed by atoms with Gasteiger partial charge in [-0.1, -0.05) is 23.2 Å². The Morgan fingerprint density at radius 1 is 1.33 bits per heavy atom. The van der Waals surface area contributed by atoms with Crippen molar-refractivity contribution >= 4 is 46.4 Å². The zero-order valence-electron chi connectivity index (χ0n) is 9.63. The summed E-state index contributed by atoms with van der Waals surface area (Å²) in [4.78, 5) is 11.8. The zero-order valence-corrected chi connectivity index (χ0v) is 12.0. The minimum Gasteiger partial charge on any atom is -0.383 e. The highest BCUT2D eigenvalue weighted by Gasteiger charge is 2.09. The summed E-state index contributed by atoms with van der Waals surface area (Å²) in [5.74, 6) is -0.366. The largest absolute Gasteiger partial charge is 0.383 e. The molecule has 7 heteroatoms. The molecule has 0 unspecified atom stereocenters. The molecule has 0 saturated heterocycles. The van der Waals surface area contributed by atoms with E-state index < -0.39 is 0 Å². The number of rotatable bonds is 4. The van der Waals surface area contributed by atoms with Crippen molar-refractivity contribution in [3.05, 3.63) is 33.8 Å². The summed E-state index contributed by atoms with van der Waals surface area (Å²) in [6, 6.07) is 4.58. The number of amides is 1. The third-order valence-corrected chi connectivity index (χ3v) is 2.63. The normalized spacial score (nSPS) is 9.94. The Morgan fingerprint density at radius 3 is 2.50 bits per heavy atom. The molecule has 4 nitrogen and oxygen atoms in total. The second-order valence-corrected chi connectivity index (χ2v) is 4.64. The summed E-state index contributed by atoms with van der Waals surface area (Å²) in [7, 11) is 1.58. The number of benzene rings is 1. The summed E-state index contributed by atoms with van der Waals surface area (Å²) >= 11 is 16.6. The Balaban J connectivity index is 2.56. The first-order chi connectivity index (χ1) is 8.52. The van der Waals surface area contributed by atoms with Crippen molar-refractivity contribution in [2.45, 2.75) is 0 Å². The van der Waals surface area contributed by atoms with Crippen LogP contribution in [0.5, 0.6) is 0 Å². The molecule has 0 aliphatic rings. The second kappa shape index (κ2) is 7.53. The molecule has 0 aromatic heterocycles. The van der Waals surface area contributed by atoms with Gasteiger partial charge in [0.05, 0.1) is 6.61 Å². The number of methoxy groups -OCH3 is 1. The van der Waals surface area contributed by atoms with E-state index >= 15 is 0 Å². The van der Waals surface area contributed by atoms with Crippen molar-refractivity contribution in [3.8, 4) is 0 Å². The van der Waals surface area contributed by atoms with Gasteiger partial charge in [0.1, 0.15) is 0 Å². The lowest BCUT2D eigenvalue weighted by molar-refractivity contribution is 0.0976. The lowest BCUT2D eigenvalue weighted by Crippen LogP contribution is -2.40. The van der Waals surface area contributed by atoms with Gasteiger partial charge in [0, 0.05) is 29.3 Å². The van der Waals surface area contributed by atoms with Crippen LogP contribution < -0.4 is 10.6 Å². The predicted octanol–water partition coefficient (Wildman–Crippen LogP) is 2.24. The minimum absolute atomic E-state index is 0.230. The van der Waals surface area contributed by atoms with Gasteiger partial charge in [-0.3, -0.25) is 10.1 Å². The van der Waals surface area contributed by atoms with Crippen molar-refractivity contribution in [1.29, 1.82) is 0 Å². The number of ether oxygens (including phenoxy) is 1. The fraction of sp³-hybridized carbons (Fsp3) is 0.273. The maximum absolute atomic E-state index is 11.8. The minimum atomic E-state index is -0.366. The molecule has 0 bridgehead atoms. The van der Waals surface area contributed by atoms with Gasteiger partial charge in [-0.2, -0.15) is 0 Å². The molecule has 0 heterocycles. The van der Waals surface area contributed by atoms with E-state index in [1.165, 1.54) is 12.1 Å². The highest BCUT2D eigenvalue weighted by molar-refractivity contribution is 7.80. The number of hydrogen-bond donors (Lipinski definition) is 2. The molecule has 0 aliphatic carbocycles. The molecule has 0 aliphatic heterocycles. The van der Waals surface area contributed by atoms with Gasteiger partial charge in [0.25, 0.3) is 5.91 Å². The molecular formula is C11H12Cl2N2O2S. The lowest BCUT2D eigenvalue weighted by Gasteiger charge is -2.09.